The molecule has 26 heavy (non-hydrogen) atoms. The van der Waals surface area contributed by atoms with Crippen molar-refractivity contribution in [1.82, 2.24) is 15.4 Å². The van der Waals surface area contributed by atoms with Gasteiger partial charge in [-0.2, -0.15) is 10.3 Å². The van der Waals surface area contributed by atoms with Crippen molar-refractivity contribution in [2.75, 3.05) is 6.61 Å². The minimum absolute atomic E-state index is 0.0219. The van der Waals surface area contributed by atoms with E-state index in [2.05, 4.69) is 15.4 Å². The molecule has 2 aromatic carbocycles. The van der Waals surface area contributed by atoms with Gasteiger partial charge in [0.05, 0.1) is 17.1 Å². The highest BCUT2D eigenvalue weighted by molar-refractivity contribution is 5.95. The molecule has 0 aliphatic heterocycles. The molecule has 0 unspecified atom stereocenters. The van der Waals surface area contributed by atoms with Crippen LogP contribution in [0.2, 0.25) is 0 Å². The summed E-state index contributed by atoms with van der Waals surface area (Å²) in [4.78, 5) is 22.8. The fraction of sp³-hybridized carbons (Fsp3) is 0.118. The third-order valence-corrected chi connectivity index (χ3v) is 3.42. The Morgan fingerprint density at radius 3 is 2.62 bits per heavy atom. The van der Waals surface area contributed by atoms with Crippen molar-refractivity contribution in [1.29, 1.82) is 0 Å². The molecule has 0 spiro atoms. The maximum atomic E-state index is 12.0. The molecule has 9 nitrogen and oxygen atoms in total. The number of aromatic nitrogens is 3. The summed E-state index contributed by atoms with van der Waals surface area (Å²) >= 11 is 0. The van der Waals surface area contributed by atoms with E-state index in [9.17, 15) is 14.9 Å². The fourth-order valence-electron chi connectivity index (χ4n) is 2.31. The van der Waals surface area contributed by atoms with Crippen LogP contribution >= 0.6 is 0 Å². The number of hydrogen-bond donors (Lipinski definition) is 1. The first kappa shape index (κ1) is 17.1. The van der Waals surface area contributed by atoms with Crippen molar-refractivity contribution in [3.8, 4) is 22.8 Å². The Hall–Kier alpha value is -3.75. The van der Waals surface area contributed by atoms with E-state index in [1.165, 1.54) is 18.2 Å². The highest BCUT2D eigenvalue weighted by Crippen LogP contribution is 2.35. The Labute approximate surface area is 147 Å². The molecule has 0 aliphatic rings. The number of nitrogens with one attached hydrogen (secondary N) is 1. The lowest BCUT2D eigenvalue weighted by molar-refractivity contribution is -0.384. The molecule has 0 radical (unpaired) electrons. The van der Waals surface area contributed by atoms with Crippen LogP contribution in [0, 0.1) is 10.1 Å². The van der Waals surface area contributed by atoms with Gasteiger partial charge in [-0.3, -0.25) is 10.1 Å². The summed E-state index contributed by atoms with van der Waals surface area (Å²) in [6.45, 7) is 1.79. The van der Waals surface area contributed by atoms with Crippen LogP contribution in [-0.4, -0.2) is 32.9 Å². The van der Waals surface area contributed by atoms with E-state index in [1.807, 2.05) is 6.07 Å². The van der Waals surface area contributed by atoms with Crippen molar-refractivity contribution < 1.29 is 19.2 Å². The number of para-hydroxylation sites is 1. The van der Waals surface area contributed by atoms with Gasteiger partial charge in [0, 0.05) is 6.07 Å². The number of carbonyl (C=O) groups excluding carboxylic acids is 1. The predicted molar refractivity (Wildman–Crippen MR) is 90.9 cm³/mol. The van der Waals surface area contributed by atoms with Crippen LogP contribution in [0.15, 0.2) is 48.5 Å². The maximum Gasteiger partial charge on any atom is 0.361 e. The lowest BCUT2D eigenvalue weighted by Crippen LogP contribution is -2.07. The third-order valence-electron chi connectivity index (χ3n) is 3.42. The highest BCUT2D eigenvalue weighted by atomic mass is 16.6. The highest BCUT2D eigenvalue weighted by Gasteiger charge is 2.26. The van der Waals surface area contributed by atoms with Crippen LogP contribution < -0.4 is 4.74 Å². The first-order valence-electron chi connectivity index (χ1n) is 7.69. The molecule has 0 fully saturated rings. The lowest BCUT2D eigenvalue weighted by Gasteiger charge is -2.08. The number of hydrogen-bond acceptors (Lipinski definition) is 7. The second-order valence-electron chi connectivity index (χ2n) is 5.09. The first-order chi connectivity index (χ1) is 12.6. The van der Waals surface area contributed by atoms with E-state index in [-0.39, 0.29) is 29.2 Å². The van der Waals surface area contributed by atoms with Gasteiger partial charge in [0.1, 0.15) is 17.2 Å². The molecule has 0 saturated carbocycles. The Morgan fingerprint density at radius 2 is 1.92 bits per heavy atom. The Morgan fingerprint density at radius 1 is 1.15 bits per heavy atom. The summed E-state index contributed by atoms with van der Waals surface area (Å²) in [5, 5.41) is 21.3. The average molecular weight is 354 g/mol. The number of H-pyrrole nitrogens is 1. The second-order valence-corrected chi connectivity index (χ2v) is 5.09. The molecule has 0 amide bonds. The van der Waals surface area contributed by atoms with Gasteiger partial charge in [0.15, 0.2) is 5.69 Å². The average Bonchev–Trinajstić information content (AvgIpc) is 3.12. The molecular formula is C17H14N4O5. The van der Waals surface area contributed by atoms with E-state index in [0.29, 0.717) is 11.5 Å². The van der Waals surface area contributed by atoms with Gasteiger partial charge in [-0.05, 0) is 31.2 Å². The zero-order valence-electron chi connectivity index (χ0n) is 13.7. The van der Waals surface area contributed by atoms with Crippen LogP contribution in [0.5, 0.6) is 11.5 Å². The van der Waals surface area contributed by atoms with Crippen molar-refractivity contribution in [3.63, 3.8) is 0 Å². The topological polar surface area (TPSA) is 120 Å². The molecule has 1 heterocycles. The van der Waals surface area contributed by atoms with Gasteiger partial charge in [-0.25, -0.2) is 4.79 Å². The number of aromatic amines is 1. The molecule has 9 heteroatoms. The molecule has 0 aliphatic carbocycles. The first-order valence-corrected chi connectivity index (χ1v) is 7.69. The molecular weight excluding hydrogens is 340 g/mol. The zero-order valence-corrected chi connectivity index (χ0v) is 13.7. The summed E-state index contributed by atoms with van der Waals surface area (Å²) in [5.74, 6) is 0.201. The Bertz CT molecular complexity index is 939. The van der Waals surface area contributed by atoms with Gasteiger partial charge in [0.2, 0.25) is 0 Å². The van der Waals surface area contributed by atoms with Crippen molar-refractivity contribution in [2.24, 2.45) is 0 Å². The summed E-state index contributed by atoms with van der Waals surface area (Å²) in [7, 11) is 0. The van der Waals surface area contributed by atoms with E-state index >= 15 is 0 Å². The summed E-state index contributed by atoms with van der Waals surface area (Å²) < 4.78 is 10.6. The van der Waals surface area contributed by atoms with Crippen LogP contribution in [-0.2, 0) is 4.74 Å². The number of nitrogens with zero attached hydrogens (tertiary/aromatic N) is 3. The number of benzene rings is 2. The number of rotatable bonds is 6. The molecule has 1 aromatic heterocycles. The van der Waals surface area contributed by atoms with Gasteiger partial charge in [-0.1, -0.05) is 18.2 Å². The smallest absolute Gasteiger partial charge is 0.361 e. The zero-order chi connectivity index (χ0) is 18.5. The van der Waals surface area contributed by atoms with Gasteiger partial charge >= 0.3 is 5.97 Å². The molecule has 0 bridgehead atoms. The summed E-state index contributed by atoms with van der Waals surface area (Å²) in [6.07, 6.45) is 0. The third kappa shape index (κ3) is 3.51. The monoisotopic (exact) mass is 354 g/mol. The van der Waals surface area contributed by atoms with Gasteiger partial charge in [-0.15, -0.1) is 5.10 Å². The number of nitro groups is 1. The lowest BCUT2D eigenvalue weighted by atomic mass is 10.1. The quantitative estimate of drug-likeness (QED) is 0.409. The number of ether oxygens (including phenoxy) is 2. The minimum Gasteiger partial charge on any atom is -0.461 e. The second kappa shape index (κ2) is 7.43. The van der Waals surface area contributed by atoms with Crippen molar-refractivity contribution >= 4 is 11.7 Å². The molecule has 1 N–H and O–H groups in total. The van der Waals surface area contributed by atoms with Crippen molar-refractivity contribution in [3.05, 3.63) is 64.3 Å². The van der Waals surface area contributed by atoms with E-state index < -0.39 is 10.9 Å². The summed E-state index contributed by atoms with van der Waals surface area (Å²) in [6, 6.07) is 13.1. The Kier molecular flexibility index (Phi) is 4.88. The standard InChI is InChI=1S/C17H14N4O5/c1-2-25-17(22)16-15(18-20-19-16)13-10-12(8-9-14(13)21(23)24)26-11-6-4-3-5-7-11/h3-10H,2H2,1H3,(H,18,19,20). The van der Waals surface area contributed by atoms with Crippen LogP contribution in [0.4, 0.5) is 5.69 Å². The van der Waals surface area contributed by atoms with E-state index in [0.717, 1.165) is 0 Å². The predicted octanol–water partition coefficient (Wildman–Crippen LogP) is 3.35. The molecule has 0 saturated heterocycles. The SMILES string of the molecule is CCOC(=O)c1n[nH]nc1-c1cc(Oc2ccccc2)ccc1[N+](=O)[O-]. The van der Waals surface area contributed by atoms with E-state index in [4.69, 9.17) is 9.47 Å². The van der Waals surface area contributed by atoms with Crippen LogP contribution in [0.3, 0.4) is 0 Å². The fourth-order valence-corrected chi connectivity index (χ4v) is 2.31. The number of esters is 1. The normalized spacial score (nSPS) is 10.3. The molecule has 3 aromatic rings. The summed E-state index contributed by atoms with van der Waals surface area (Å²) in [5.41, 5.74) is -0.245. The van der Waals surface area contributed by atoms with E-state index in [1.54, 1.807) is 31.2 Å². The minimum atomic E-state index is -0.722. The molecule has 0 atom stereocenters. The Balaban J connectivity index is 2.05. The number of nitro benzene ring substituents is 1. The van der Waals surface area contributed by atoms with Crippen LogP contribution in [0.25, 0.3) is 11.3 Å². The maximum absolute atomic E-state index is 12.0. The number of carbonyl (C=O) groups is 1. The van der Waals surface area contributed by atoms with Crippen molar-refractivity contribution in [2.45, 2.75) is 6.92 Å². The molecule has 132 valence electrons. The van der Waals surface area contributed by atoms with Crippen LogP contribution in [0.1, 0.15) is 17.4 Å². The van der Waals surface area contributed by atoms with Gasteiger partial charge in [0.25, 0.3) is 5.69 Å². The largest absolute Gasteiger partial charge is 0.461 e. The van der Waals surface area contributed by atoms with Gasteiger partial charge < -0.3 is 9.47 Å². The molecule has 3 rings (SSSR count).